The van der Waals surface area contributed by atoms with Gasteiger partial charge in [0, 0.05) is 31.4 Å². The Bertz CT molecular complexity index is 522. The SMILES string of the molecule is CCOC(=O)CN(CC)C(=O)c1ccn(C)c(=O)c1. The van der Waals surface area contributed by atoms with Crippen molar-refractivity contribution in [2.45, 2.75) is 13.8 Å². The first kappa shape index (κ1) is 14.9. The third kappa shape index (κ3) is 3.94. The van der Waals surface area contributed by atoms with E-state index in [1.54, 1.807) is 27.0 Å². The van der Waals surface area contributed by atoms with Gasteiger partial charge in [-0.05, 0) is 19.9 Å². The summed E-state index contributed by atoms with van der Waals surface area (Å²) in [6.07, 6.45) is 1.52. The highest BCUT2D eigenvalue weighted by Gasteiger charge is 2.18. The Morgan fingerprint density at radius 3 is 2.58 bits per heavy atom. The maximum absolute atomic E-state index is 12.1. The molecule has 0 unspecified atom stereocenters. The number of ether oxygens (including phenoxy) is 1. The first-order chi connectivity index (χ1) is 8.99. The Balaban J connectivity index is 2.86. The molecule has 0 bridgehead atoms. The number of hydrogen-bond acceptors (Lipinski definition) is 4. The van der Waals surface area contributed by atoms with E-state index in [0.29, 0.717) is 6.54 Å². The molecule has 1 aromatic heterocycles. The second-order valence-corrected chi connectivity index (χ2v) is 3.99. The van der Waals surface area contributed by atoms with Crippen LogP contribution in [0, 0.1) is 0 Å². The van der Waals surface area contributed by atoms with Crippen LogP contribution in [0.2, 0.25) is 0 Å². The number of aromatic nitrogens is 1. The van der Waals surface area contributed by atoms with Crippen LogP contribution in [-0.4, -0.2) is 41.0 Å². The molecule has 0 aliphatic rings. The molecule has 6 heteroatoms. The highest BCUT2D eigenvalue weighted by Crippen LogP contribution is 2.02. The zero-order valence-corrected chi connectivity index (χ0v) is 11.4. The fourth-order valence-corrected chi connectivity index (χ4v) is 1.55. The normalized spacial score (nSPS) is 10.1. The smallest absolute Gasteiger partial charge is 0.325 e. The number of nitrogens with zero attached hydrogens (tertiary/aromatic N) is 2. The largest absolute Gasteiger partial charge is 0.465 e. The monoisotopic (exact) mass is 266 g/mol. The molecule has 0 fully saturated rings. The van der Waals surface area contributed by atoms with Gasteiger partial charge >= 0.3 is 5.97 Å². The van der Waals surface area contributed by atoms with Crippen molar-refractivity contribution in [3.63, 3.8) is 0 Å². The number of esters is 1. The second kappa shape index (κ2) is 6.72. The predicted octanol–water partition coefficient (Wildman–Crippen LogP) is 0.411. The third-order valence-electron chi connectivity index (χ3n) is 2.65. The number of pyridine rings is 1. The van der Waals surface area contributed by atoms with Crippen molar-refractivity contribution in [2.24, 2.45) is 7.05 Å². The van der Waals surface area contributed by atoms with Crippen LogP contribution in [-0.2, 0) is 16.6 Å². The third-order valence-corrected chi connectivity index (χ3v) is 2.65. The lowest BCUT2D eigenvalue weighted by Gasteiger charge is -2.19. The van der Waals surface area contributed by atoms with Crippen LogP contribution in [0.25, 0.3) is 0 Å². The van der Waals surface area contributed by atoms with Crippen molar-refractivity contribution in [3.8, 4) is 0 Å². The lowest BCUT2D eigenvalue weighted by atomic mass is 10.2. The van der Waals surface area contributed by atoms with Gasteiger partial charge in [0.25, 0.3) is 11.5 Å². The van der Waals surface area contributed by atoms with Crippen LogP contribution in [0.4, 0.5) is 0 Å². The summed E-state index contributed by atoms with van der Waals surface area (Å²) in [6, 6.07) is 2.81. The quantitative estimate of drug-likeness (QED) is 0.724. The van der Waals surface area contributed by atoms with Gasteiger partial charge in [-0.25, -0.2) is 0 Å². The molecule has 1 heterocycles. The van der Waals surface area contributed by atoms with Gasteiger partial charge < -0.3 is 14.2 Å². The first-order valence-electron chi connectivity index (χ1n) is 6.11. The fourth-order valence-electron chi connectivity index (χ4n) is 1.55. The summed E-state index contributed by atoms with van der Waals surface area (Å²) in [5.41, 5.74) is 0.00675. The van der Waals surface area contributed by atoms with E-state index in [4.69, 9.17) is 4.74 Å². The highest BCUT2D eigenvalue weighted by molar-refractivity contribution is 5.95. The van der Waals surface area contributed by atoms with Crippen molar-refractivity contribution >= 4 is 11.9 Å². The van der Waals surface area contributed by atoms with Crippen LogP contribution in [0.15, 0.2) is 23.1 Å². The summed E-state index contributed by atoms with van der Waals surface area (Å²) in [5.74, 6) is -0.810. The van der Waals surface area contributed by atoms with Gasteiger partial charge in [-0.3, -0.25) is 14.4 Å². The highest BCUT2D eigenvalue weighted by atomic mass is 16.5. The minimum Gasteiger partial charge on any atom is -0.465 e. The van der Waals surface area contributed by atoms with Crippen LogP contribution < -0.4 is 5.56 Å². The van der Waals surface area contributed by atoms with Crippen LogP contribution in [0.1, 0.15) is 24.2 Å². The van der Waals surface area contributed by atoms with E-state index in [1.165, 1.54) is 21.7 Å². The van der Waals surface area contributed by atoms with Crippen molar-refractivity contribution in [1.29, 1.82) is 0 Å². The Hall–Kier alpha value is -2.11. The molecule has 0 saturated heterocycles. The van der Waals surface area contributed by atoms with Gasteiger partial charge in [0.05, 0.1) is 6.61 Å². The summed E-state index contributed by atoms with van der Waals surface area (Å²) in [5, 5.41) is 0. The molecule has 1 aromatic rings. The van der Waals surface area contributed by atoms with E-state index >= 15 is 0 Å². The summed E-state index contributed by atoms with van der Waals surface area (Å²) in [6.45, 7) is 4.00. The number of carbonyl (C=O) groups excluding carboxylic acids is 2. The van der Waals surface area contributed by atoms with Gasteiger partial charge in [0.2, 0.25) is 0 Å². The molecule has 1 amide bonds. The fraction of sp³-hybridized carbons (Fsp3) is 0.462. The molecule has 0 spiro atoms. The Labute approximate surface area is 111 Å². The molecular formula is C13H18N2O4. The molecule has 0 aliphatic heterocycles. The van der Waals surface area contributed by atoms with E-state index < -0.39 is 5.97 Å². The number of rotatable bonds is 5. The van der Waals surface area contributed by atoms with Crippen LogP contribution >= 0.6 is 0 Å². The number of carbonyl (C=O) groups is 2. The Morgan fingerprint density at radius 1 is 1.37 bits per heavy atom. The molecule has 1 rings (SSSR count). The van der Waals surface area contributed by atoms with Crippen molar-refractivity contribution in [1.82, 2.24) is 9.47 Å². The molecule has 104 valence electrons. The first-order valence-corrected chi connectivity index (χ1v) is 6.11. The summed E-state index contributed by atoms with van der Waals surface area (Å²) >= 11 is 0. The molecule has 0 radical (unpaired) electrons. The number of likely N-dealkylation sites (N-methyl/N-ethyl adjacent to an activating group) is 1. The van der Waals surface area contributed by atoms with E-state index in [2.05, 4.69) is 0 Å². The number of hydrogen-bond donors (Lipinski definition) is 0. The lowest BCUT2D eigenvalue weighted by Crippen LogP contribution is -2.37. The minimum absolute atomic E-state index is 0.113. The molecule has 0 aromatic carbocycles. The zero-order chi connectivity index (χ0) is 14.4. The zero-order valence-electron chi connectivity index (χ0n) is 11.4. The summed E-state index contributed by atoms with van der Waals surface area (Å²) in [4.78, 5) is 36.4. The number of aryl methyl sites for hydroxylation is 1. The standard InChI is InChI=1S/C13H18N2O4/c1-4-15(9-12(17)19-5-2)13(18)10-6-7-14(3)11(16)8-10/h6-8H,4-5,9H2,1-3H3. The minimum atomic E-state index is -0.457. The van der Waals surface area contributed by atoms with E-state index in [0.717, 1.165) is 0 Å². The lowest BCUT2D eigenvalue weighted by molar-refractivity contribution is -0.143. The van der Waals surface area contributed by atoms with Gasteiger partial charge in [-0.1, -0.05) is 0 Å². The van der Waals surface area contributed by atoms with Gasteiger partial charge in [-0.15, -0.1) is 0 Å². The van der Waals surface area contributed by atoms with E-state index in [-0.39, 0.29) is 30.2 Å². The maximum atomic E-state index is 12.1. The topological polar surface area (TPSA) is 68.6 Å². The molecule has 19 heavy (non-hydrogen) atoms. The average Bonchev–Trinajstić information content (AvgIpc) is 2.38. The Kier molecular flexibility index (Phi) is 5.29. The van der Waals surface area contributed by atoms with Crippen molar-refractivity contribution < 1.29 is 14.3 Å². The van der Waals surface area contributed by atoms with Crippen molar-refractivity contribution in [3.05, 3.63) is 34.2 Å². The van der Waals surface area contributed by atoms with Crippen LogP contribution in [0.3, 0.4) is 0 Å². The predicted molar refractivity (Wildman–Crippen MR) is 69.9 cm³/mol. The molecule has 0 aliphatic carbocycles. The van der Waals surface area contributed by atoms with Gasteiger partial charge in [0.15, 0.2) is 0 Å². The summed E-state index contributed by atoms with van der Waals surface area (Å²) < 4.78 is 6.18. The molecule has 0 atom stereocenters. The number of amides is 1. The van der Waals surface area contributed by atoms with E-state index in [1.807, 2.05) is 0 Å². The van der Waals surface area contributed by atoms with Gasteiger partial charge in [0.1, 0.15) is 6.54 Å². The molecular weight excluding hydrogens is 248 g/mol. The Morgan fingerprint density at radius 2 is 2.05 bits per heavy atom. The van der Waals surface area contributed by atoms with Crippen LogP contribution in [0.5, 0.6) is 0 Å². The average molecular weight is 266 g/mol. The second-order valence-electron chi connectivity index (χ2n) is 3.99. The van der Waals surface area contributed by atoms with E-state index in [9.17, 15) is 14.4 Å². The maximum Gasteiger partial charge on any atom is 0.325 e. The van der Waals surface area contributed by atoms with Gasteiger partial charge in [-0.2, -0.15) is 0 Å². The van der Waals surface area contributed by atoms with Crippen molar-refractivity contribution in [2.75, 3.05) is 19.7 Å². The molecule has 6 nitrogen and oxygen atoms in total. The molecule has 0 saturated carbocycles. The summed E-state index contributed by atoms with van der Waals surface area (Å²) in [7, 11) is 1.60. The molecule has 0 N–H and O–H groups in total.